The van der Waals surface area contributed by atoms with Crippen molar-refractivity contribution < 1.29 is 14.0 Å². The summed E-state index contributed by atoms with van der Waals surface area (Å²) >= 11 is 0. The zero-order valence-electron chi connectivity index (χ0n) is 15.4. The molecule has 1 aromatic heterocycles. The minimum atomic E-state index is -1.49. The van der Waals surface area contributed by atoms with Gasteiger partial charge in [0.05, 0.1) is 11.3 Å². The predicted octanol–water partition coefficient (Wildman–Crippen LogP) is 3.46. The number of ketones is 1. The third-order valence-corrected chi connectivity index (χ3v) is 6.17. The zero-order chi connectivity index (χ0) is 19.8. The van der Waals surface area contributed by atoms with Gasteiger partial charge in [0.1, 0.15) is 11.0 Å². The van der Waals surface area contributed by atoms with Gasteiger partial charge >= 0.3 is 5.63 Å². The monoisotopic (exact) mass is 384 g/mol. The lowest BCUT2D eigenvalue weighted by atomic mass is 9.64. The minimum Gasteiger partial charge on any atom is -0.422 e. The minimum absolute atomic E-state index is 0.108. The van der Waals surface area contributed by atoms with E-state index in [0.29, 0.717) is 52.7 Å². The molecule has 1 aliphatic carbocycles. The first-order valence-corrected chi connectivity index (χ1v) is 9.63. The summed E-state index contributed by atoms with van der Waals surface area (Å²) in [5.41, 5.74) is 1.41. The van der Waals surface area contributed by atoms with Crippen LogP contribution in [0.2, 0.25) is 0 Å². The van der Waals surface area contributed by atoms with Crippen LogP contribution in [0.25, 0.3) is 11.0 Å². The van der Waals surface area contributed by atoms with Crippen molar-refractivity contribution in [3.05, 3.63) is 81.3 Å². The maximum absolute atomic E-state index is 13.6. The van der Waals surface area contributed by atoms with Crippen molar-refractivity contribution in [2.75, 3.05) is 10.6 Å². The van der Waals surface area contributed by atoms with E-state index in [9.17, 15) is 14.4 Å². The summed E-state index contributed by atoms with van der Waals surface area (Å²) in [5.74, 6) is -0.490. The number of anilines is 2. The van der Waals surface area contributed by atoms with Gasteiger partial charge in [-0.1, -0.05) is 30.3 Å². The van der Waals surface area contributed by atoms with Gasteiger partial charge in [0, 0.05) is 34.3 Å². The van der Waals surface area contributed by atoms with Crippen LogP contribution in [0, 0.1) is 0 Å². The van der Waals surface area contributed by atoms with Crippen LogP contribution in [-0.2, 0) is 15.0 Å². The molecule has 29 heavy (non-hydrogen) atoms. The maximum atomic E-state index is 13.6. The lowest BCUT2D eigenvalue weighted by molar-refractivity contribution is -0.122. The molecule has 0 radical (unpaired) electrons. The molecule has 0 fully saturated rings. The molecular weight excluding hydrogens is 368 g/mol. The van der Waals surface area contributed by atoms with E-state index in [0.717, 1.165) is 5.70 Å². The number of rotatable bonds is 0. The number of benzene rings is 2. The van der Waals surface area contributed by atoms with Crippen LogP contribution in [-0.4, -0.2) is 11.7 Å². The van der Waals surface area contributed by atoms with E-state index in [2.05, 4.69) is 10.6 Å². The molecule has 3 heterocycles. The van der Waals surface area contributed by atoms with Crippen molar-refractivity contribution in [2.45, 2.75) is 24.7 Å². The normalized spacial score (nSPS) is 22.2. The van der Waals surface area contributed by atoms with Crippen LogP contribution in [0.15, 0.2) is 69.0 Å². The molecule has 2 aliphatic heterocycles. The fourth-order valence-corrected chi connectivity index (χ4v) is 5.05. The van der Waals surface area contributed by atoms with Crippen LogP contribution in [0.4, 0.5) is 11.4 Å². The standard InChI is InChI=1S/C23H16N2O4/c26-16-10-5-9-15-18(16)23(13-7-2-3-8-14(13)25-22(23)28)19-20(24-15)12-6-1-4-11-17(12)29-21(19)27/h1-4,6-8,11,24H,5,9-10H2,(H,25,28). The Hall–Kier alpha value is -3.67. The summed E-state index contributed by atoms with van der Waals surface area (Å²) < 4.78 is 5.62. The number of amides is 1. The molecule has 6 heteroatoms. The average Bonchev–Trinajstić information content (AvgIpc) is 3.00. The van der Waals surface area contributed by atoms with Crippen LogP contribution in [0.3, 0.4) is 0 Å². The van der Waals surface area contributed by atoms with Crippen molar-refractivity contribution in [3.8, 4) is 0 Å². The van der Waals surface area contributed by atoms with Crippen molar-refractivity contribution >= 4 is 34.0 Å². The van der Waals surface area contributed by atoms with Crippen molar-refractivity contribution in [1.29, 1.82) is 0 Å². The largest absolute Gasteiger partial charge is 0.422 e. The van der Waals surface area contributed by atoms with Gasteiger partial charge in [0.15, 0.2) is 5.78 Å². The molecule has 1 spiro atoms. The van der Waals surface area contributed by atoms with Crippen molar-refractivity contribution in [1.82, 2.24) is 0 Å². The Morgan fingerprint density at radius 1 is 0.897 bits per heavy atom. The molecule has 0 bridgehead atoms. The molecule has 2 aromatic carbocycles. The highest BCUT2D eigenvalue weighted by atomic mass is 16.4. The molecule has 1 atom stereocenters. The van der Waals surface area contributed by atoms with Gasteiger partial charge in [-0.15, -0.1) is 0 Å². The molecule has 1 unspecified atom stereocenters. The molecule has 3 aromatic rings. The van der Waals surface area contributed by atoms with E-state index >= 15 is 0 Å². The van der Waals surface area contributed by atoms with Crippen molar-refractivity contribution in [2.24, 2.45) is 0 Å². The molecular formula is C23H16N2O4. The second-order valence-corrected chi connectivity index (χ2v) is 7.64. The Morgan fingerprint density at radius 3 is 2.59 bits per heavy atom. The molecule has 6 nitrogen and oxygen atoms in total. The number of allylic oxidation sites excluding steroid dienone is 1. The Balaban J connectivity index is 1.84. The van der Waals surface area contributed by atoms with E-state index in [1.165, 1.54) is 0 Å². The number of carbonyl (C=O) groups excluding carboxylic acids is 2. The number of hydrogen-bond donors (Lipinski definition) is 2. The highest BCUT2D eigenvalue weighted by Crippen LogP contribution is 2.54. The molecule has 1 amide bonds. The molecule has 142 valence electrons. The van der Waals surface area contributed by atoms with Crippen LogP contribution >= 0.6 is 0 Å². The number of carbonyl (C=O) groups is 2. The fraction of sp³-hybridized carbons (Fsp3) is 0.174. The SMILES string of the molecule is O=C1CCCC2=C1C1(C(=O)Nc3ccccc31)c1c(c3ccccc3oc1=O)N2. The van der Waals surface area contributed by atoms with E-state index in [1.54, 1.807) is 18.2 Å². The van der Waals surface area contributed by atoms with Gasteiger partial charge < -0.3 is 15.1 Å². The van der Waals surface area contributed by atoms with E-state index in [-0.39, 0.29) is 17.3 Å². The van der Waals surface area contributed by atoms with E-state index in [1.807, 2.05) is 30.3 Å². The lowest BCUT2D eigenvalue weighted by Crippen LogP contribution is -2.48. The highest BCUT2D eigenvalue weighted by molar-refractivity contribution is 6.20. The summed E-state index contributed by atoms with van der Waals surface area (Å²) in [4.78, 5) is 39.9. The summed E-state index contributed by atoms with van der Waals surface area (Å²) in [6.07, 6.45) is 1.71. The van der Waals surface area contributed by atoms with Crippen molar-refractivity contribution in [3.63, 3.8) is 0 Å². The summed E-state index contributed by atoms with van der Waals surface area (Å²) in [5, 5.41) is 6.94. The third-order valence-electron chi connectivity index (χ3n) is 6.17. The second-order valence-electron chi connectivity index (χ2n) is 7.64. The van der Waals surface area contributed by atoms with Crippen LogP contribution in [0.5, 0.6) is 0 Å². The number of nitrogens with one attached hydrogen (secondary N) is 2. The lowest BCUT2D eigenvalue weighted by Gasteiger charge is -2.39. The number of Topliss-reactive ketones (excluding diaryl/α,β-unsaturated/α-hetero) is 1. The van der Waals surface area contributed by atoms with E-state index < -0.39 is 11.0 Å². The fourth-order valence-electron chi connectivity index (χ4n) is 5.05. The van der Waals surface area contributed by atoms with Gasteiger partial charge in [-0.2, -0.15) is 0 Å². The van der Waals surface area contributed by atoms with Crippen LogP contribution < -0.4 is 16.3 Å². The summed E-state index contributed by atoms with van der Waals surface area (Å²) in [6, 6.07) is 14.5. The van der Waals surface area contributed by atoms with E-state index in [4.69, 9.17) is 4.42 Å². The maximum Gasteiger partial charge on any atom is 0.343 e. The average molecular weight is 384 g/mol. The summed E-state index contributed by atoms with van der Waals surface area (Å²) in [7, 11) is 0. The first kappa shape index (κ1) is 16.3. The Bertz CT molecular complexity index is 1350. The van der Waals surface area contributed by atoms with Gasteiger partial charge in [-0.3, -0.25) is 9.59 Å². The van der Waals surface area contributed by atoms with Gasteiger partial charge in [-0.25, -0.2) is 4.79 Å². The predicted molar refractivity (Wildman–Crippen MR) is 108 cm³/mol. The highest BCUT2D eigenvalue weighted by Gasteiger charge is 2.59. The van der Waals surface area contributed by atoms with Gasteiger partial charge in [0.2, 0.25) is 5.91 Å². The zero-order valence-corrected chi connectivity index (χ0v) is 15.4. The number of para-hydroxylation sites is 2. The first-order chi connectivity index (χ1) is 14.1. The molecule has 2 N–H and O–H groups in total. The Kier molecular flexibility index (Phi) is 3.06. The Labute approximate surface area is 165 Å². The molecule has 0 saturated carbocycles. The topological polar surface area (TPSA) is 88.4 Å². The first-order valence-electron chi connectivity index (χ1n) is 9.63. The van der Waals surface area contributed by atoms with Gasteiger partial charge in [0.25, 0.3) is 0 Å². The van der Waals surface area contributed by atoms with Crippen LogP contribution in [0.1, 0.15) is 30.4 Å². The number of hydrogen-bond acceptors (Lipinski definition) is 5. The second kappa shape index (κ2) is 5.44. The Morgan fingerprint density at radius 2 is 1.69 bits per heavy atom. The smallest absolute Gasteiger partial charge is 0.343 e. The van der Waals surface area contributed by atoms with Gasteiger partial charge in [-0.05, 0) is 31.0 Å². The third kappa shape index (κ3) is 1.88. The molecule has 6 rings (SSSR count). The number of fused-ring (bicyclic) bond motifs is 7. The summed E-state index contributed by atoms with van der Waals surface area (Å²) in [6.45, 7) is 0. The molecule has 0 saturated heterocycles. The molecule has 3 aliphatic rings. The quantitative estimate of drug-likeness (QED) is 0.580.